The van der Waals surface area contributed by atoms with Gasteiger partial charge >= 0.3 is 115 Å². The fourth-order valence-corrected chi connectivity index (χ4v) is 5.23. The molecule has 4 N–H and O–H groups in total. The number of unbranched alkanes of at least 4 members (excludes halogenated alkanes) is 22. The average Bonchev–Trinajstić information content (AvgIpc) is 3.06. The molecule has 10 nitrogen and oxygen atoms in total. The van der Waals surface area contributed by atoms with Crippen molar-refractivity contribution in [1.82, 2.24) is 0 Å². The molecule has 0 saturated heterocycles. The average molecular weight is 763 g/mol. The molecule has 0 heterocycles. The normalized spacial score (nSPS) is 11.6. The smallest absolute Gasteiger partial charge is 0.550 e. The van der Waals surface area contributed by atoms with Crippen molar-refractivity contribution in [3.8, 4) is 0 Å². The molecule has 0 spiro atoms. The number of ether oxygens (including phenoxy) is 2. The Morgan fingerprint density at radius 1 is 0.440 bits per heavy atom. The van der Waals surface area contributed by atoms with Gasteiger partial charge in [-0.1, -0.05) is 155 Å². The van der Waals surface area contributed by atoms with Crippen LogP contribution >= 0.6 is 0 Å². The number of esters is 2. The Bertz CT molecular complexity index is 715. The summed E-state index contributed by atoms with van der Waals surface area (Å²) in [6.07, 6.45) is 29.9. The van der Waals surface area contributed by atoms with Crippen LogP contribution in [0.4, 0.5) is 0 Å². The molecule has 0 saturated carbocycles. The van der Waals surface area contributed by atoms with E-state index in [0.717, 1.165) is 25.7 Å². The van der Waals surface area contributed by atoms with Gasteiger partial charge < -0.3 is 40.7 Å². The molecule has 2 unspecified atom stereocenters. The summed E-state index contributed by atoms with van der Waals surface area (Å²) in [7, 11) is 0. The first-order valence-electron chi connectivity index (χ1n) is 19.4. The van der Waals surface area contributed by atoms with Gasteiger partial charge in [0.25, 0.3) is 0 Å². The molecule has 0 fully saturated rings. The second kappa shape index (κ2) is 46.2. The van der Waals surface area contributed by atoms with E-state index < -0.39 is 36.0 Å². The maximum atomic E-state index is 11.5. The predicted molar refractivity (Wildman–Crippen MR) is 189 cm³/mol. The minimum Gasteiger partial charge on any atom is -0.550 e. The van der Waals surface area contributed by atoms with Gasteiger partial charge in [0.15, 0.2) is 0 Å². The molecule has 0 aliphatic rings. The van der Waals surface area contributed by atoms with E-state index in [1.54, 1.807) is 0 Å². The summed E-state index contributed by atoms with van der Waals surface area (Å²) in [5, 5.41) is 20.6. The first-order valence-corrected chi connectivity index (χ1v) is 19.4. The molecule has 0 aromatic heterocycles. The third-order valence-corrected chi connectivity index (χ3v) is 8.41. The molecule has 0 aromatic carbocycles. The van der Waals surface area contributed by atoms with Crippen molar-refractivity contribution >= 4 is 23.9 Å². The number of hydrogen-bond donors (Lipinski definition) is 2. The van der Waals surface area contributed by atoms with Gasteiger partial charge in [-0.15, -0.1) is 0 Å². The molecule has 0 aliphatic heterocycles. The number of rotatable bonds is 34. The summed E-state index contributed by atoms with van der Waals surface area (Å²) in [6.45, 7) is 5.23. The zero-order valence-electron chi connectivity index (χ0n) is 32.8. The van der Waals surface area contributed by atoms with E-state index in [4.69, 9.17) is 20.9 Å². The third kappa shape index (κ3) is 47.1. The maximum Gasteiger partial charge on any atom is 1.00 e. The summed E-state index contributed by atoms with van der Waals surface area (Å²) in [4.78, 5) is 43.6. The fraction of sp³-hybridized carbons (Fsp3) is 0.895. The van der Waals surface area contributed by atoms with Gasteiger partial charge in [0.05, 0.1) is 13.2 Å². The SMILES string of the molecule is CCCCCCCCCCCCCCOC(=O)C(N)CCC(=O)[O-].CCCCCCCCCCCCCCOC(=O)C(N)CCC(=O)[O-].[K+].[K+]. The van der Waals surface area contributed by atoms with E-state index >= 15 is 0 Å². The third-order valence-electron chi connectivity index (χ3n) is 8.41. The molecule has 0 aliphatic carbocycles. The Balaban J connectivity index is -0.000000407. The van der Waals surface area contributed by atoms with Crippen LogP contribution in [-0.4, -0.2) is 49.2 Å². The van der Waals surface area contributed by atoms with Crippen molar-refractivity contribution in [2.24, 2.45) is 11.5 Å². The second-order valence-electron chi connectivity index (χ2n) is 13.1. The Kier molecular flexibility index (Phi) is 53.4. The molecule has 0 aromatic rings. The number of hydrogen-bond acceptors (Lipinski definition) is 10. The molecule has 0 bridgehead atoms. The van der Waals surface area contributed by atoms with Gasteiger partial charge in [0.1, 0.15) is 12.1 Å². The van der Waals surface area contributed by atoms with E-state index in [1.165, 1.54) is 128 Å². The predicted octanol–water partition coefficient (Wildman–Crippen LogP) is 0.184. The topological polar surface area (TPSA) is 185 Å². The van der Waals surface area contributed by atoms with E-state index in [9.17, 15) is 29.4 Å². The van der Waals surface area contributed by atoms with Gasteiger partial charge in [-0.3, -0.25) is 9.59 Å². The van der Waals surface area contributed by atoms with Crippen LogP contribution < -0.4 is 124 Å². The number of aliphatic carboxylic acids is 2. The van der Waals surface area contributed by atoms with Crippen LogP contribution in [0.1, 0.15) is 194 Å². The van der Waals surface area contributed by atoms with E-state index in [-0.39, 0.29) is 128 Å². The Hall–Kier alpha value is 1.07. The molecule has 0 amide bonds. The van der Waals surface area contributed by atoms with Crippen LogP contribution in [0.15, 0.2) is 0 Å². The van der Waals surface area contributed by atoms with Crippen LogP contribution in [0, 0.1) is 0 Å². The maximum absolute atomic E-state index is 11.5. The van der Waals surface area contributed by atoms with Crippen molar-refractivity contribution < 1.29 is 142 Å². The molecule has 12 heteroatoms. The van der Waals surface area contributed by atoms with Crippen LogP contribution in [0.5, 0.6) is 0 Å². The zero-order valence-corrected chi connectivity index (χ0v) is 39.0. The van der Waals surface area contributed by atoms with Crippen molar-refractivity contribution in [3.63, 3.8) is 0 Å². The first kappa shape index (κ1) is 57.8. The standard InChI is InChI=1S/2C19H37NO4.2K/c2*1-2-3-4-5-6-7-8-9-10-11-12-13-16-24-19(23)17(20)14-15-18(21)22;;/h2*17H,2-16,20H2,1H3,(H,21,22);;/q;;2*+1/p-2. The minimum absolute atomic E-state index is 0. The summed E-state index contributed by atoms with van der Waals surface area (Å²) >= 11 is 0. The van der Waals surface area contributed by atoms with Crippen molar-refractivity contribution in [1.29, 1.82) is 0 Å². The van der Waals surface area contributed by atoms with Gasteiger partial charge in [-0.2, -0.15) is 0 Å². The summed E-state index contributed by atoms with van der Waals surface area (Å²) in [5.74, 6) is -3.42. The number of carboxylic acids is 2. The molecule has 2 atom stereocenters. The number of nitrogens with two attached hydrogens (primary N) is 2. The van der Waals surface area contributed by atoms with Crippen molar-refractivity contribution in [2.75, 3.05) is 13.2 Å². The van der Waals surface area contributed by atoms with Crippen LogP contribution in [-0.2, 0) is 28.7 Å². The van der Waals surface area contributed by atoms with Gasteiger partial charge in [-0.25, -0.2) is 0 Å². The number of carbonyl (C=O) groups is 4. The Morgan fingerprint density at radius 2 is 0.660 bits per heavy atom. The molecule has 284 valence electrons. The zero-order chi connectivity index (χ0) is 36.1. The quantitative estimate of drug-likeness (QED) is 0.0521. The molecule has 0 radical (unpaired) electrons. The monoisotopic (exact) mass is 762 g/mol. The summed E-state index contributed by atoms with van der Waals surface area (Å²) in [6, 6.07) is -1.72. The largest absolute Gasteiger partial charge is 1.00 e. The van der Waals surface area contributed by atoms with Crippen molar-refractivity contribution in [2.45, 2.75) is 206 Å². The minimum atomic E-state index is -1.20. The van der Waals surface area contributed by atoms with Crippen LogP contribution in [0.25, 0.3) is 0 Å². The van der Waals surface area contributed by atoms with E-state index in [0.29, 0.717) is 13.2 Å². The summed E-state index contributed by atoms with van der Waals surface area (Å²) in [5.41, 5.74) is 11.1. The second-order valence-corrected chi connectivity index (χ2v) is 13.1. The van der Waals surface area contributed by atoms with Crippen molar-refractivity contribution in [3.05, 3.63) is 0 Å². The summed E-state index contributed by atoms with van der Waals surface area (Å²) < 4.78 is 10.1. The fourth-order valence-electron chi connectivity index (χ4n) is 5.23. The number of carboxylic acid groups (broad SMARTS) is 2. The Labute approximate surface area is 390 Å². The molecule has 50 heavy (non-hydrogen) atoms. The van der Waals surface area contributed by atoms with E-state index in [2.05, 4.69) is 13.8 Å². The Morgan fingerprint density at radius 3 is 0.880 bits per heavy atom. The van der Waals surface area contributed by atoms with Gasteiger partial charge in [0, 0.05) is 11.9 Å². The van der Waals surface area contributed by atoms with Gasteiger partial charge in [-0.05, 0) is 38.5 Å². The number of carbonyl (C=O) groups excluding carboxylic acids is 4. The molecular formula is C38H72K2N2O8. The molecular weight excluding hydrogens is 691 g/mol. The van der Waals surface area contributed by atoms with Crippen LogP contribution in [0.3, 0.4) is 0 Å². The first-order chi connectivity index (χ1) is 23.1. The molecule has 0 rings (SSSR count). The van der Waals surface area contributed by atoms with Crippen LogP contribution in [0.2, 0.25) is 0 Å². The van der Waals surface area contributed by atoms with E-state index in [1.807, 2.05) is 0 Å². The van der Waals surface area contributed by atoms with Gasteiger partial charge in [0.2, 0.25) is 0 Å².